The van der Waals surface area contributed by atoms with Crippen molar-refractivity contribution in [1.82, 2.24) is 0 Å². The fraction of sp³-hybridized carbons (Fsp3) is 0.533. The number of carbonyl (C=O) groups excluding carboxylic acids is 1. The number of nitrogens with two attached hydrogens (primary N) is 1. The van der Waals surface area contributed by atoms with Gasteiger partial charge in [-0.3, -0.25) is 4.79 Å². The van der Waals surface area contributed by atoms with Gasteiger partial charge < -0.3 is 5.73 Å². The Labute approximate surface area is 116 Å². The molecule has 0 heterocycles. The zero-order valence-electron chi connectivity index (χ0n) is 11.3. The Morgan fingerprint density at radius 2 is 2.05 bits per heavy atom. The highest BCUT2D eigenvalue weighted by Crippen LogP contribution is 2.35. The van der Waals surface area contributed by atoms with Crippen molar-refractivity contribution in [2.24, 2.45) is 17.6 Å². The molecule has 0 amide bonds. The summed E-state index contributed by atoms with van der Waals surface area (Å²) < 4.78 is 37.9. The van der Waals surface area contributed by atoms with Crippen molar-refractivity contribution in [1.29, 1.82) is 0 Å². The van der Waals surface area contributed by atoms with Crippen molar-refractivity contribution in [3.05, 3.63) is 34.9 Å². The van der Waals surface area contributed by atoms with Crippen LogP contribution in [-0.2, 0) is 6.18 Å². The van der Waals surface area contributed by atoms with Crippen LogP contribution < -0.4 is 5.73 Å². The van der Waals surface area contributed by atoms with E-state index < -0.39 is 11.7 Å². The SMILES string of the molecule is Cc1cc(C(F)(F)F)ccc1C(=O)C1CCCC1CN. The molecule has 20 heavy (non-hydrogen) atoms. The van der Waals surface area contributed by atoms with Gasteiger partial charge in [-0.25, -0.2) is 0 Å². The van der Waals surface area contributed by atoms with Gasteiger partial charge in [-0.1, -0.05) is 12.5 Å². The molecule has 2 rings (SSSR count). The lowest BCUT2D eigenvalue weighted by atomic mass is 9.86. The third kappa shape index (κ3) is 2.87. The van der Waals surface area contributed by atoms with Crippen LogP contribution in [0.25, 0.3) is 0 Å². The van der Waals surface area contributed by atoms with Crippen LogP contribution in [0.3, 0.4) is 0 Å². The molecular weight excluding hydrogens is 267 g/mol. The molecule has 5 heteroatoms. The van der Waals surface area contributed by atoms with E-state index in [-0.39, 0.29) is 17.6 Å². The number of alkyl halides is 3. The summed E-state index contributed by atoms with van der Waals surface area (Å²) in [6.07, 6.45) is -1.72. The van der Waals surface area contributed by atoms with E-state index in [2.05, 4.69) is 0 Å². The van der Waals surface area contributed by atoms with Crippen LogP contribution in [0.5, 0.6) is 0 Å². The number of rotatable bonds is 3. The van der Waals surface area contributed by atoms with E-state index in [9.17, 15) is 18.0 Å². The first-order valence-electron chi connectivity index (χ1n) is 6.76. The smallest absolute Gasteiger partial charge is 0.330 e. The molecule has 2 nitrogen and oxygen atoms in total. The lowest BCUT2D eigenvalue weighted by Crippen LogP contribution is -2.25. The number of aryl methyl sites for hydroxylation is 1. The zero-order chi connectivity index (χ0) is 14.9. The molecule has 0 saturated heterocycles. The molecule has 0 aliphatic heterocycles. The molecule has 110 valence electrons. The maximum atomic E-state index is 12.6. The van der Waals surface area contributed by atoms with Gasteiger partial charge in [0.15, 0.2) is 5.78 Å². The first-order chi connectivity index (χ1) is 9.34. The van der Waals surface area contributed by atoms with Gasteiger partial charge in [0.25, 0.3) is 0 Å². The summed E-state index contributed by atoms with van der Waals surface area (Å²) in [5.41, 5.74) is 5.72. The molecule has 0 radical (unpaired) electrons. The van der Waals surface area contributed by atoms with Gasteiger partial charge in [0.2, 0.25) is 0 Å². The summed E-state index contributed by atoms with van der Waals surface area (Å²) in [5, 5.41) is 0. The molecule has 0 bridgehead atoms. The zero-order valence-corrected chi connectivity index (χ0v) is 11.3. The number of carbonyl (C=O) groups is 1. The van der Waals surface area contributed by atoms with Crippen molar-refractivity contribution in [3.63, 3.8) is 0 Å². The average molecular weight is 285 g/mol. The summed E-state index contributed by atoms with van der Waals surface area (Å²) in [7, 11) is 0. The van der Waals surface area contributed by atoms with Gasteiger partial charge in [0, 0.05) is 11.5 Å². The van der Waals surface area contributed by atoms with E-state index in [1.807, 2.05) is 0 Å². The van der Waals surface area contributed by atoms with Gasteiger partial charge in [0.05, 0.1) is 5.56 Å². The summed E-state index contributed by atoms with van der Waals surface area (Å²) in [6.45, 7) is 2.00. The fourth-order valence-corrected chi connectivity index (χ4v) is 2.98. The monoisotopic (exact) mass is 285 g/mol. The predicted molar refractivity (Wildman–Crippen MR) is 70.4 cm³/mol. The van der Waals surface area contributed by atoms with E-state index in [1.165, 1.54) is 6.07 Å². The Balaban J connectivity index is 2.27. The minimum atomic E-state index is -4.38. The first kappa shape index (κ1) is 15.0. The Morgan fingerprint density at radius 1 is 1.35 bits per heavy atom. The first-order valence-corrected chi connectivity index (χ1v) is 6.76. The van der Waals surface area contributed by atoms with Gasteiger partial charge in [-0.05, 0) is 49.9 Å². The number of benzene rings is 1. The largest absolute Gasteiger partial charge is 0.416 e. The highest BCUT2D eigenvalue weighted by Gasteiger charge is 2.34. The molecular formula is C15H18F3NO. The van der Waals surface area contributed by atoms with E-state index in [1.54, 1.807) is 6.92 Å². The third-order valence-corrected chi connectivity index (χ3v) is 4.12. The molecule has 2 N–H and O–H groups in total. The standard InChI is InChI=1S/C15H18F3NO/c1-9-7-11(15(16,17)18)5-6-12(9)14(20)13-4-2-3-10(13)8-19/h5-7,10,13H,2-4,8,19H2,1H3. The van der Waals surface area contributed by atoms with Crippen molar-refractivity contribution in [2.75, 3.05) is 6.54 Å². The van der Waals surface area contributed by atoms with Crippen molar-refractivity contribution >= 4 is 5.78 Å². The molecule has 1 saturated carbocycles. The number of Topliss-reactive ketones (excluding diaryl/α,β-unsaturated/α-hetero) is 1. The van der Waals surface area contributed by atoms with Gasteiger partial charge in [0.1, 0.15) is 0 Å². The van der Waals surface area contributed by atoms with Crippen LogP contribution in [0.4, 0.5) is 13.2 Å². The molecule has 1 aliphatic rings. The van der Waals surface area contributed by atoms with Crippen LogP contribution in [0.15, 0.2) is 18.2 Å². The highest BCUT2D eigenvalue weighted by molar-refractivity contribution is 5.99. The number of hydrogen-bond donors (Lipinski definition) is 1. The van der Waals surface area contributed by atoms with Crippen LogP contribution >= 0.6 is 0 Å². The number of halogens is 3. The Kier molecular flexibility index (Phi) is 4.18. The van der Waals surface area contributed by atoms with E-state index in [4.69, 9.17) is 5.73 Å². The van der Waals surface area contributed by atoms with Gasteiger partial charge >= 0.3 is 6.18 Å². The highest BCUT2D eigenvalue weighted by atomic mass is 19.4. The third-order valence-electron chi connectivity index (χ3n) is 4.12. The molecule has 1 aliphatic carbocycles. The molecule has 1 fully saturated rings. The van der Waals surface area contributed by atoms with Crippen LogP contribution in [0, 0.1) is 18.8 Å². The minimum Gasteiger partial charge on any atom is -0.330 e. The van der Waals surface area contributed by atoms with E-state index in [0.29, 0.717) is 17.7 Å². The second-order valence-electron chi connectivity index (χ2n) is 5.42. The van der Waals surface area contributed by atoms with Crippen molar-refractivity contribution in [2.45, 2.75) is 32.4 Å². The predicted octanol–water partition coefficient (Wildman–Crippen LogP) is 3.57. The average Bonchev–Trinajstić information content (AvgIpc) is 2.85. The molecule has 2 unspecified atom stereocenters. The van der Waals surface area contributed by atoms with Crippen LogP contribution in [0.2, 0.25) is 0 Å². The maximum Gasteiger partial charge on any atom is 0.416 e. The van der Waals surface area contributed by atoms with Crippen LogP contribution in [-0.4, -0.2) is 12.3 Å². The lowest BCUT2D eigenvalue weighted by molar-refractivity contribution is -0.137. The Bertz CT molecular complexity index is 510. The maximum absolute atomic E-state index is 12.6. The molecule has 1 aromatic carbocycles. The number of ketones is 1. The normalized spacial score (nSPS) is 23.1. The summed E-state index contributed by atoms with van der Waals surface area (Å²) in [6, 6.07) is 3.32. The topological polar surface area (TPSA) is 43.1 Å². The van der Waals surface area contributed by atoms with Crippen molar-refractivity contribution < 1.29 is 18.0 Å². The summed E-state index contributed by atoms with van der Waals surface area (Å²) in [5.74, 6) is -0.0520. The molecule has 1 aromatic rings. The number of hydrogen-bond acceptors (Lipinski definition) is 2. The van der Waals surface area contributed by atoms with E-state index in [0.717, 1.165) is 31.4 Å². The van der Waals surface area contributed by atoms with Crippen LogP contribution in [0.1, 0.15) is 40.7 Å². The molecule has 0 aromatic heterocycles. The van der Waals surface area contributed by atoms with E-state index >= 15 is 0 Å². The summed E-state index contributed by atoms with van der Waals surface area (Å²) >= 11 is 0. The molecule has 2 atom stereocenters. The Morgan fingerprint density at radius 3 is 2.60 bits per heavy atom. The fourth-order valence-electron chi connectivity index (χ4n) is 2.98. The summed E-state index contributed by atoms with van der Waals surface area (Å²) in [4.78, 5) is 12.5. The van der Waals surface area contributed by atoms with Gasteiger partial charge in [-0.15, -0.1) is 0 Å². The molecule has 0 spiro atoms. The second kappa shape index (κ2) is 5.56. The minimum absolute atomic E-state index is 0.0656. The second-order valence-corrected chi connectivity index (χ2v) is 5.42. The quantitative estimate of drug-likeness (QED) is 0.863. The van der Waals surface area contributed by atoms with Gasteiger partial charge in [-0.2, -0.15) is 13.2 Å². The lowest BCUT2D eigenvalue weighted by Gasteiger charge is -2.18. The van der Waals surface area contributed by atoms with Crippen molar-refractivity contribution in [3.8, 4) is 0 Å². The Hall–Kier alpha value is -1.36.